The minimum Gasteiger partial charge on any atom is -0.370 e. The summed E-state index contributed by atoms with van der Waals surface area (Å²) in [6.07, 6.45) is 13.9. The molecular formula is C18H34O3Si. The van der Waals surface area contributed by atoms with E-state index in [9.17, 15) is 0 Å². The molecule has 0 fully saturated rings. The highest BCUT2D eigenvalue weighted by atomic mass is 28.4. The van der Waals surface area contributed by atoms with Gasteiger partial charge in [0.2, 0.25) is 0 Å². The summed E-state index contributed by atoms with van der Waals surface area (Å²) in [5.74, 6) is 0. The van der Waals surface area contributed by atoms with Crippen LogP contribution in [0.25, 0.3) is 0 Å². The van der Waals surface area contributed by atoms with Crippen LogP contribution in [0.1, 0.15) is 59.3 Å². The Morgan fingerprint density at radius 3 is 1.55 bits per heavy atom. The molecule has 0 bridgehead atoms. The molecule has 3 nitrogen and oxygen atoms in total. The summed E-state index contributed by atoms with van der Waals surface area (Å²) in [4.78, 5) is 0. The van der Waals surface area contributed by atoms with Crippen LogP contribution in [0.2, 0.25) is 0 Å². The van der Waals surface area contributed by atoms with Gasteiger partial charge in [0.05, 0.1) is 0 Å². The van der Waals surface area contributed by atoms with E-state index in [1.165, 1.54) is 0 Å². The summed E-state index contributed by atoms with van der Waals surface area (Å²) in [5, 5.41) is 0. The molecule has 4 heteroatoms. The van der Waals surface area contributed by atoms with Crippen LogP contribution in [0, 0.1) is 0 Å². The van der Waals surface area contributed by atoms with Gasteiger partial charge in [0.15, 0.2) is 0 Å². The summed E-state index contributed by atoms with van der Waals surface area (Å²) in [5.41, 5.74) is 1.99. The van der Waals surface area contributed by atoms with Crippen LogP contribution in [0.15, 0.2) is 36.6 Å². The van der Waals surface area contributed by atoms with E-state index in [-0.39, 0.29) is 0 Å². The topological polar surface area (TPSA) is 27.7 Å². The minimum absolute atomic E-state index is 0.691. The molecule has 0 aromatic heterocycles. The summed E-state index contributed by atoms with van der Waals surface area (Å²) in [6, 6.07) is 0. The van der Waals surface area contributed by atoms with Crippen LogP contribution in [0.3, 0.4) is 0 Å². The quantitative estimate of drug-likeness (QED) is 0.235. The molecule has 0 amide bonds. The van der Waals surface area contributed by atoms with Gasteiger partial charge in [0.25, 0.3) is 0 Å². The van der Waals surface area contributed by atoms with Gasteiger partial charge in [0.1, 0.15) is 0 Å². The zero-order chi connectivity index (χ0) is 16.5. The summed E-state index contributed by atoms with van der Waals surface area (Å²) in [6.45, 7) is 12.2. The third kappa shape index (κ3) is 11.0. The van der Waals surface area contributed by atoms with Crippen molar-refractivity contribution in [2.75, 3.05) is 19.8 Å². The predicted molar refractivity (Wildman–Crippen MR) is 96.8 cm³/mol. The maximum absolute atomic E-state index is 6.09. The van der Waals surface area contributed by atoms with Crippen molar-refractivity contribution in [1.29, 1.82) is 0 Å². The van der Waals surface area contributed by atoms with Crippen molar-refractivity contribution < 1.29 is 13.3 Å². The Balaban J connectivity index is 4.86. The smallest absolute Gasteiger partial charge is 0.370 e. The number of unbranched alkanes of at least 4 members (excludes halogenated alkanes) is 3. The van der Waals surface area contributed by atoms with Gasteiger partial charge < -0.3 is 13.3 Å². The van der Waals surface area contributed by atoms with E-state index in [4.69, 9.17) is 13.3 Å². The van der Waals surface area contributed by atoms with Gasteiger partial charge >= 0.3 is 8.80 Å². The number of hydrogen-bond acceptors (Lipinski definition) is 3. The number of rotatable bonds is 15. The molecular weight excluding hydrogens is 292 g/mol. The largest absolute Gasteiger partial charge is 0.529 e. The van der Waals surface area contributed by atoms with E-state index in [2.05, 4.69) is 27.4 Å². The monoisotopic (exact) mass is 326 g/mol. The first-order chi connectivity index (χ1) is 10.7. The molecule has 22 heavy (non-hydrogen) atoms. The lowest BCUT2D eigenvalue weighted by molar-refractivity contribution is 0.0685. The van der Waals surface area contributed by atoms with Crippen molar-refractivity contribution in [2.45, 2.75) is 59.3 Å². The molecule has 0 radical (unpaired) electrons. The van der Waals surface area contributed by atoms with E-state index in [1.807, 2.05) is 23.9 Å². The standard InChI is InChI=1S/C18H34O3Si/c1-5-9-13-14-18-22(19-15-10-6-2,20-16-11-7-3)21-17-12-8-4/h5,9,13-14,18H,1,6-8,10-12,15-17H2,2-4H3. The number of hydrogen-bond donors (Lipinski definition) is 0. The molecule has 0 aliphatic rings. The summed E-state index contributed by atoms with van der Waals surface area (Å²) >= 11 is 0. The Morgan fingerprint density at radius 1 is 0.727 bits per heavy atom. The van der Waals surface area contributed by atoms with Crippen molar-refractivity contribution in [3.63, 3.8) is 0 Å². The van der Waals surface area contributed by atoms with Crippen LogP contribution < -0.4 is 0 Å². The first-order valence-electron chi connectivity index (χ1n) is 8.63. The third-order valence-corrected chi connectivity index (χ3v) is 5.48. The van der Waals surface area contributed by atoms with Gasteiger partial charge in [-0.2, -0.15) is 0 Å². The normalized spacial score (nSPS) is 12.5. The highest BCUT2D eigenvalue weighted by Crippen LogP contribution is 2.15. The second-order valence-electron chi connectivity index (χ2n) is 5.19. The van der Waals surface area contributed by atoms with Gasteiger partial charge in [-0.05, 0) is 25.0 Å². The molecule has 0 spiro atoms. The van der Waals surface area contributed by atoms with Crippen LogP contribution in [-0.4, -0.2) is 28.6 Å². The summed E-state index contributed by atoms with van der Waals surface area (Å²) in [7, 11) is -2.72. The average Bonchev–Trinajstić information content (AvgIpc) is 2.52. The van der Waals surface area contributed by atoms with Crippen molar-refractivity contribution >= 4 is 8.80 Å². The number of allylic oxidation sites excluding steroid dienone is 4. The first kappa shape index (κ1) is 21.3. The van der Waals surface area contributed by atoms with Crippen LogP contribution in [0.5, 0.6) is 0 Å². The van der Waals surface area contributed by atoms with Crippen molar-refractivity contribution in [2.24, 2.45) is 0 Å². The minimum atomic E-state index is -2.72. The molecule has 0 aromatic rings. The summed E-state index contributed by atoms with van der Waals surface area (Å²) < 4.78 is 18.3. The lowest BCUT2D eigenvalue weighted by Crippen LogP contribution is -2.45. The molecule has 0 aromatic carbocycles. The molecule has 0 unspecified atom stereocenters. The Bertz CT molecular complexity index is 287. The fraction of sp³-hybridized carbons (Fsp3) is 0.667. The van der Waals surface area contributed by atoms with Crippen molar-refractivity contribution in [3.05, 3.63) is 36.6 Å². The molecule has 0 aliphatic heterocycles. The van der Waals surface area contributed by atoms with Crippen LogP contribution in [-0.2, 0) is 13.3 Å². The maximum Gasteiger partial charge on any atom is 0.529 e. The SMILES string of the molecule is C=CC=CC=C[Si](OCCCC)(OCCCC)OCCCC. The molecule has 128 valence electrons. The zero-order valence-corrected chi connectivity index (χ0v) is 15.7. The molecule has 0 saturated heterocycles. The fourth-order valence-corrected chi connectivity index (χ4v) is 3.83. The van der Waals surface area contributed by atoms with Crippen LogP contribution >= 0.6 is 0 Å². The van der Waals surface area contributed by atoms with Crippen LogP contribution in [0.4, 0.5) is 0 Å². The average molecular weight is 327 g/mol. The Kier molecular flexibility index (Phi) is 14.7. The second kappa shape index (κ2) is 15.2. The highest BCUT2D eigenvalue weighted by molar-refractivity contribution is 6.66. The van der Waals surface area contributed by atoms with E-state index in [0.717, 1.165) is 38.5 Å². The highest BCUT2D eigenvalue weighted by Gasteiger charge is 2.38. The fourth-order valence-electron chi connectivity index (χ4n) is 1.66. The Hall–Kier alpha value is -0.683. The first-order valence-corrected chi connectivity index (χ1v) is 10.4. The molecule has 0 atom stereocenters. The second-order valence-corrected chi connectivity index (χ2v) is 7.60. The van der Waals surface area contributed by atoms with E-state index >= 15 is 0 Å². The molecule has 0 N–H and O–H groups in total. The Morgan fingerprint density at radius 2 is 1.18 bits per heavy atom. The maximum atomic E-state index is 6.09. The van der Waals surface area contributed by atoms with E-state index in [1.54, 1.807) is 6.08 Å². The lowest BCUT2D eigenvalue weighted by Gasteiger charge is -2.27. The van der Waals surface area contributed by atoms with Gasteiger partial charge in [-0.1, -0.05) is 70.9 Å². The van der Waals surface area contributed by atoms with Crippen molar-refractivity contribution in [1.82, 2.24) is 0 Å². The molecule has 0 rings (SSSR count). The third-order valence-electron chi connectivity index (χ3n) is 3.06. The lowest BCUT2D eigenvalue weighted by atomic mass is 10.4. The van der Waals surface area contributed by atoms with Gasteiger partial charge in [0, 0.05) is 19.8 Å². The molecule has 0 heterocycles. The Labute approximate surface area is 138 Å². The van der Waals surface area contributed by atoms with Gasteiger partial charge in [-0.15, -0.1) is 0 Å². The van der Waals surface area contributed by atoms with E-state index < -0.39 is 8.80 Å². The molecule has 0 saturated carbocycles. The zero-order valence-electron chi connectivity index (χ0n) is 14.7. The molecule has 0 aliphatic carbocycles. The van der Waals surface area contributed by atoms with Gasteiger partial charge in [-0.3, -0.25) is 0 Å². The van der Waals surface area contributed by atoms with E-state index in [0.29, 0.717) is 19.8 Å². The van der Waals surface area contributed by atoms with Crippen molar-refractivity contribution in [3.8, 4) is 0 Å². The predicted octanol–water partition coefficient (Wildman–Crippen LogP) is 5.21. The van der Waals surface area contributed by atoms with Gasteiger partial charge in [-0.25, -0.2) is 0 Å².